The van der Waals surface area contributed by atoms with E-state index >= 15 is 0 Å². The van der Waals surface area contributed by atoms with Crippen LogP contribution in [0.3, 0.4) is 0 Å². The SMILES string of the molecule is COc1cccc(NC(=O)CNN2CCN(C)CC2)c1. The molecule has 1 aromatic carbocycles. The van der Waals surface area contributed by atoms with E-state index in [-0.39, 0.29) is 12.5 Å². The van der Waals surface area contributed by atoms with Gasteiger partial charge in [0.2, 0.25) is 5.91 Å². The molecule has 0 aliphatic carbocycles. The highest BCUT2D eigenvalue weighted by Crippen LogP contribution is 2.16. The van der Waals surface area contributed by atoms with Crippen LogP contribution < -0.4 is 15.5 Å². The van der Waals surface area contributed by atoms with Crippen molar-refractivity contribution in [2.75, 3.05) is 52.2 Å². The van der Waals surface area contributed by atoms with Crippen molar-refractivity contribution >= 4 is 11.6 Å². The average Bonchev–Trinajstić information content (AvgIpc) is 2.47. The van der Waals surface area contributed by atoms with Gasteiger partial charge in [-0.05, 0) is 19.2 Å². The van der Waals surface area contributed by atoms with Gasteiger partial charge in [-0.15, -0.1) is 0 Å². The van der Waals surface area contributed by atoms with Crippen molar-refractivity contribution in [2.45, 2.75) is 0 Å². The number of likely N-dealkylation sites (N-methyl/N-ethyl adjacent to an activating group) is 1. The summed E-state index contributed by atoms with van der Waals surface area (Å²) in [6.07, 6.45) is 0. The molecule has 1 saturated heterocycles. The van der Waals surface area contributed by atoms with Gasteiger partial charge in [-0.25, -0.2) is 10.4 Å². The third-order valence-corrected chi connectivity index (χ3v) is 3.32. The summed E-state index contributed by atoms with van der Waals surface area (Å²) in [6, 6.07) is 7.34. The minimum absolute atomic E-state index is 0.0582. The quantitative estimate of drug-likeness (QED) is 0.816. The van der Waals surface area contributed by atoms with E-state index in [0.717, 1.165) is 37.6 Å². The Morgan fingerprint density at radius 3 is 2.75 bits per heavy atom. The number of anilines is 1. The fourth-order valence-corrected chi connectivity index (χ4v) is 2.05. The maximum absolute atomic E-state index is 11.9. The Bertz CT molecular complexity index is 445. The van der Waals surface area contributed by atoms with Crippen LogP contribution >= 0.6 is 0 Å². The van der Waals surface area contributed by atoms with E-state index < -0.39 is 0 Å². The molecule has 0 unspecified atom stereocenters. The number of hydrogen-bond acceptors (Lipinski definition) is 5. The van der Waals surface area contributed by atoms with Gasteiger partial charge in [-0.1, -0.05) is 6.07 Å². The molecule has 0 radical (unpaired) electrons. The molecule has 6 heteroatoms. The first-order chi connectivity index (χ1) is 9.67. The highest BCUT2D eigenvalue weighted by atomic mass is 16.5. The molecule has 6 nitrogen and oxygen atoms in total. The number of nitrogens with zero attached hydrogens (tertiary/aromatic N) is 2. The standard InChI is InChI=1S/C14H22N4O2/c1-17-6-8-18(9-7-17)15-11-14(19)16-12-4-3-5-13(10-12)20-2/h3-5,10,15H,6-9,11H2,1-2H3,(H,16,19). The van der Waals surface area contributed by atoms with Gasteiger partial charge in [0.15, 0.2) is 0 Å². The summed E-state index contributed by atoms with van der Waals surface area (Å²) in [5.74, 6) is 0.673. The normalized spacial score (nSPS) is 16.9. The van der Waals surface area contributed by atoms with E-state index in [1.54, 1.807) is 13.2 Å². The zero-order valence-electron chi connectivity index (χ0n) is 12.1. The molecule has 2 N–H and O–H groups in total. The second kappa shape index (κ2) is 7.23. The van der Waals surface area contributed by atoms with E-state index in [1.165, 1.54) is 0 Å². The van der Waals surface area contributed by atoms with Crippen molar-refractivity contribution in [1.82, 2.24) is 15.3 Å². The molecule has 1 fully saturated rings. The molecule has 1 aliphatic rings. The van der Waals surface area contributed by atoms with Gasteiger partial charge in [-0.3, -0.25) is 4.79 Å². The number of ether oxygens (including phenoxy) is 1. The van der Waals surface area contributed by atoms with Crippen molar-refractivity contribution in [3.05, 3.63) is 24.3 Å². The van der Waals surface area contributed by atoms with Crippen LogP contribution in [0.4, 0.5) is 5.69 Å². The van der Waals surface area contributed by atoms with Crippen LogP contribution in [0.25, 0.3) is 0 Å². The second-order valence-corrected chi connectivity index (χ2v) is 4.91. The lowest BCUT2D eigenvalue weighted by molar-refractivity contribution is -0.116. The molecule has 1 aromatic rings. The maximum Gasteiger partial charge on any atom is 0.239 e. The highest BCUT2D eigenvalue weighted by molar-refractivity contribution is 5.92. The number of carbonyl (C=O) groups is 1. The number of hydrogen-bond donors (Lipinski definition) is 2. The third-order valence-electron chi connectivity index (χ3n) is 3.32. The predicted octanol–water partition coefficient (Wildman–Crippen LogP) is 0.386. The van der Waals surface area contributed by atoms with Crippen molar-refractivity contribution < 1.29 is 9.53 Å². The predicted molar refractivity (Wildman–Crippen MR) is 78.7 cm³/mol. The van der Waals surface area contributed by atoms with Crippen LogP contribution in [0.15, 0.2) is 24.3 Å². The summed E-state index contributed by atoms with van der Waals surface area (Å²) < 4.78 is 5.12. The van der Waals surface area contributed by atoms with Gasteiger partial charge in [0, 0.05) is 37.9 Å². The zero-order valence-corrected chi connectivity index (χ0v) is 12.1. The lowest BCUT2D eigenvalue weighted by Gasteiger charge is -2.32. The topological polar surface area (TPSA) is 56.8 Å². The number of carbonyl (C=O) groups excluding carboxylic acids is 1. The monoisotopic (exact) mass is 278 g/mol. The van der Waals surface area contributed by atoms with Crippen LogP contribution in [0.5, 0.6) is 5.75 Å². The lowest BCUT2D eigenvalue weighted by Crippen LogP contribution is -2.52. The molecular weight excluding hydrogens is 256 g/mol. The number of rotatable bonds is 5. The van der Waals surface area contributed by atoms with Crippen molar-refractivity contribution in [2.24, 2.45) is 0 Å². The van der Waals surface area contributed by atoms with Gasteiger partial charge in [0.1, 0.15) is 5.75 Å². The number of nitrogens with one attached hydrogen (secondary N) is 2. The summed E-state index contributed by atoms with van der Waals surface area (Å²) in [7, 11) is 3.71. The van der Waals surface area contributed by atoms with Crippen molar-refractivity contribution in [1.29, 1.82) is 0 Å². The molecule has 0 spiro atoms. The van der Waals surface area contributed by atoms with Crippen LogP contribution in [-0.2, 0) is 4.79 Å². The molecule has 1 amide bonds. The van der Waals surface area contributed by atoms with Gasteiger partial charge in [0.05, 0.1) is 13.7 Å². The first-order valence-electron chi connectivity index (χ1n) is 6.78. The fourth-order valence-electron chi connectivity index (χ4n) is 2.05. The van der Waals surface area contributed by atoms with E-state index in [9.17, 15) is 4.79 Å². The Balaban J connectivity index is 1.74. The Kier molecular flexibility index (Phi) is 5.34. The molecule has 0 aromatic heterocycles. The minimum atomic E-state index is -0.0582. The number of methoxy groups -OCH3 is 1. The second-order valence-electron chi connectivity index (χ2n) is 4.91. The molecule has 0 atom stereocenters. The van der Waals surface area contributed by atoms with Gasteiger partial charge >= 0.3 is 0 Å². The molecular formula is C14H22N4O2. The first-order valence-corrected chi connectivity index (χ1v) is 6.78. The number of hydrazine groups is 1. The van der Waals surface area contributed by atoms with E-state index in [2.05, 4.69) is 27.7 Å². The zero-order chi connectivity index (χ0) is 14.4. The van der Waals surface area contributed by atoms with Gasteiger partial charge < -0.3 is 15.0 Å². The van der Waals surface area contributed by atoms with E-state index in [4.69, 9.17) is 4.74 Å². The lowest BCUT2D eigenvalue weighted by atomic mass is 10.3. The molecule has 110 valence electrons. The molecule has 0 bridgehead atoms. The summed E-state index contributed by atoms with van der Waals surface area (Å²) >= 11 is 0. The Labute approximate surface area is 119 Å². The van der Waals surface area contributed by atoms with Gasteiger partial charge in [0.25, 0.3) is 0 Å². The number of amides is 1. The van der Waals surface area contributed by atoms with Crippen LogP contribution in [0.2, 0.25) is 0 Å². The van der Waals surface area contributed by atoms with Crippen LogP contribution in [0.1, 0.15) is 0 Å². The Morgan fingerprint density at radius 2 is 2.05 bits per heavy atom. The van der Waals surface area contributed by atoms with Gasteiger partial charge in [-0.2, -0.15) is 0 Å². The van der Waals surface area contributed by atoms with Crippen LogP contribution in [-0.4, -0.2) is 62.7 Å². The highest BCUT2D eigenvalue weighted by Gasteiger charge is 2.14. The summed E-state index contributed by atoms with van der Waals surface area (Å²) in [6.45, 7) is 4.18. The average molecular weight is 278 g/mol. The van der Waals surface area contributed by atoms with Crippen molar-refractivity contribution in [3.8, 4) is 5.75 Å². The van der Waals surface area contributed by atoms with Crippen molar-refractivity contribution in [3.63, 3.8) is 0 Å². The Morgan fingerprint density at radius 1 is 1.30 bits per heavy atom. The maximum atomic E-state index is 11.9. The number of benzene rings is 1. The molecule has 20 heavy (non-hydrogen) atoms. The smallest absolute Gasteiger partial charge is 0.239 e. The first kappa shape index (κ1) is 14.8. The third kappa shape index (κ3) is 4.48. The Hall–Kier alpha value is -1.63. The van der Waals surface area contributed by atoms with E-state index in [0.29, 0.717) is 0 Å². The largest absolute Gasteiger partial charge is 0.497 e. The summed E-state index contributed by atoms with van der Waals surface area (Å²) in [5.41, 5.74) is 3.90. The summed E-state index contributed by atoms with van der Waals surface area (Å²) in [4.78, 5) is 14.1. The van der Waals surface area contributed by atoms with Crippen LogP contribution in [0, 0.1) is 0 Å². The molecule has 1 aliphatic heterocycles. The van der Waals surface area contributed by atoms with E-state index in [1.807, 2.05) is 18.2 Å². The number of piperazine rings is 1. The molecule has 1 heterocycles. The molecule has 0 saturated carbocycles. The fraction of sp³-hybridized carbons (Fsp3) is 0.500. The summed E-state index contributed by atoms with van der Waals surface area (Å²) in [5, 5.41) is 4.93. The molecule has 2 rings (SSSR count). The minimum Gasteiger partial charge on any atom is -0.497 e.